The van der Waals surface area contributed by atoms with Gasteiger partial charge in [0.2, 0.25) is 0 Å². The van der Waals surface area contributed by atoms with Crippen molar-refractivity contribution in [2.75, 3.05) is 26.7 Å². The first-order valence-electron chi connectivity index (χ1n) is 10.1. The van der Waals surface area contributed by atoms with Crippen molar-refractivity contribution in [1.29, 1.82) is 0 Å². The fourth-order valence-electron chi connectivity index (χ4n) is 4.89. The summed E-state index contributed by atoms with van der Waals surface area (Å²) in [5.74, 6) is 1.62. The van der Waals surface area contributed by atoms with E-state index in [0.717, 1.165) is 62.8 Å². The molecule has 0 saturated carbocycles. The molecule has 1 saturated heterocycles. The second kappa shape index (κ2) is 7.03. The summed E-state index contributed by atoms with van der Waals surface area (Å²) in [6.45, 7) is 4.73. The second-order valence-corrected chi connectivity index (χ2v) is 8.48. The van der Waals surface area contributed by atoms with E-state index in [9.17, 15) is 4.39 Å². The number of benzene rings is 1. The van der Waals surface area contributed by atoms with Gasteiger partial charge in [-0.3, -0.25) is 14.5 Å². The standard InChI is InChI=1S/C21H26FN7/c1-26-14-19-24-25-20(17-3-5-18(22)6-4-17)29(19)21(15-26)7-9-28(10-8-21)13-16-11-23-27(2)12-16/h3-6,11-12H,7-10,13-15H2,1-2H3. The molecular weight excluding hydrogens is 369 g/mol. The normalized spacial score (nSPS) is 19.6. The highest BCUT2D eigenvalue weighted by Gasteiger charge is 2.43. The van der Waals surface area contributed by atoms with Crippen LogP contribution >= 0.6 is 0 Å². The van der Waals surface area contributed by atoms with E-state index in [1.807, 2.05) is 17.9 Å². The van der Waals surface area contributed by atoms with Crippen molar-refractivity contribution in [1.82, 2.24) is 34.3 Å². The van der Waals surface area contributed by atoms with Gasteiger partial charge in [-0.1, -0.05) is 0 Å². The SMILES string of the molecule is CN1Cc2nnc(-c3ccc(F)cc3)n2C2(CCN(Cc3cnn(C)c3)CC2)C1. The topological polar surface area (TPSA) is 55.0 Å². The Morgan fingerprint density at radius 3 is 2.52 bits per heavy atom. The van der Waals surface area contributed by atoms with E-state index in [4.69, 9.17) is 0 Å². The first-order valence-corrected chi connectivity index (χ1v) is 10.1. The van der Waals surface area contributed by atoms with Crippen LogP contribution in [0.2, 0.25) is 0 Å². The van der Waals surface area contributed by atoms with Crippen molar-refractivity contribution in [2.45, 2.75) is 31.5 Å². The molecule has 0 unspecified atom stereocenters. The van der Waals surface area contributed by atoms with Crippen LogP contribution in [-0.4, -0.2) is 61.0 Å². The predicted octanol–water partition coefficient (Wildman–Crippen LogP) is 2.25. The van der Waals surface area contributed by atoms with E-state index >= 15 is 0 Å². The third kappa shape index (κ3) is 3.36. The minimum absolute atomic E-state index is 0.0268. The predicted molar refractivity (Wildman–Crippen MR) is 107 cm³/mol. The van der Waals surface area contributed by atoms with Gasteiger partial charge in [0.25, 0.3) is 0 Å². The molecule has 1 fully saturated rings. The molecule has 0 amide bonds. The highest BCUT2D eigenvalue weighted by molar-refractivity contribution is 5.56. The zero-order valence-electron chi connectivity index (χ0n) is 16.9. The molecule has 2 aromatic heterocycles. The third-order valence-corrected chi connectivity index (χ3v) is 6.23. The maximum absolute atomic E-state index is 13.4. The smallest absolute Gasteiger partial charge is 0.164 e. The molecule has 0 aliphatic carbocycles. The lowest BCUT2D eigenvalue weighted by atomic mass is 9.84. The Bertz CT molecular complexity index is 998. The number of rotatable bonds is 3. The lowest BCUT2D eigenvalue weighted by Crippen LogP contribution is -2.55. The highest BCUT2D eigenvalue weighted by Crippen LogP contribution is 2.39. The Labute approximate surface area is 169 Å². The Morgan fingerprint density at radius 1 is 1.07 bits per heavy atom. The van der Waals surface area contributed by atoms with E-state index in [-0.39, 0.29) is 11.4 Å². The molecule has 0 N–H and O–H groups in total. The van der Waals surface area contributed by atoms with Gasteiger partial charge < -0.3 is 4.57 Å². The Kier molecular flexibility index (Phi) is 4.48. The molecule has 0 bridgehead atoms. The van der Waals surface area contributed by atoms with Gasteiger partial charge in [0.05, 0.1) is 18.3 Å². The number of aryl methyl sites for hydroxylation is 1. The number of nitrogens with zero attached hydrogens (tertiary/aromatic N) is 7. The fraction of sp³-hybridized carbons (Fsp3) is 0.476. The number of hydrogen-bond donors (Lipinski definition) is 0. The third-order valence-electron chi connectivity index (χ3n) is 6.23. The molecule has 1 aromatic carbocycles. The number of likely N-dealkylation sites (N-methyl/N-ethyl adjacent to an activating group) is 1. The average molecular weight is 395 g/mol. The van der Waals surface area contributed by atoms with Crippen LogP contribution in [0.3, 0.4) is 0 Å². The maximum Gasteiger partial charge on any atom is 0.164 e. The molecule has 0 radical (unpaired) electrons. The van der Waals surface area contributed by atoms with Gasteiger partial charge >= 0.3 is 0 Å². The average Bonchev–Trinajstić information content (AvgIpc) is 3.31. The van der Waals surface area contributed by atoms with E-state index in [0.29, 0.717) is 0 Å². The van der Waals surface area contributed by atoms with Crippen LogP contribution in [0.15, 0.2) is 36.7 Å². The largest absolute Gasteiger partial charge is 0.302 e. The van der Waals surface area contributed by atoms with Crippen LogP contribution in [-0.2, 0) is 25.7 Å². The summed E-state index contributed by atoms with van der Waals surface area (Å²) < 4.78 is 17.6. The number of likely N-dealkylation sites (tertiary alicyclic amines) is 1. The van der Waals surface area contributed by atoms with Crippen LogP contribution in [0.5, 0.6) is 0 Å². The molecule has 7 nitrogen and oxygen atoms in total. The van der Waals surface area contributed by atoms with Gasteiger partial charge in [0.1, 0.15) is 11.6 Å². The van der Waals surface area contributed by atoms with Gasteiger partial charge in [-0.05, 0) is 44.2 Å². The number of fused-ring (bicyclic) bond motifs is 2. The second-order valence-electron chi connectivity index (χ2n) is 8.48. The summed E-state index contributed by atoms with van der Waals surface area (Å²) in [6, 6.07) is 6.59. The van der Waals surface area contributed by atoms with Gasteiger partial charge in [-0.15, -0.1) is 10.2 Å². The molecule has 2 aliphatic rings. The first kappa shape index (κ1) is 18.4. The molecule has 0 atom stereocenters. The summed E-state index contributed by atoms with van der Waals surface area (Å²) in [7, 11) is 4.11. The highest BCUT2D eigenvalue weighted by atomic mass is 19.1. The van der Waals surface area contributed by atoms with Crippen LogP contribution in [0.1, 0.15) is 24.2 Å². The lowest BCUT2D eigenvalue weighted by Gasteiger charge is -2.48. The molecular formula is C21H26FN7. The summed E-state index contributed by atoms with van der Waals surface area (Å²) in [4.78, 5) is 4.84. The monoisotopic (exact) mass is 395 g/mol. The summed E-state index contributed by atoms with van der Waals surface area (Å²) >= 11 is 0. The van der Waals surface area contributed by atoms with Crippen molar-refractivity contribution in [3.05, 3.63) is 53.9 Å². The maximum atomic E-state index is 13.4. The zero-order chi connectivity index (χ0) is 20.0. The van der Waals surface area contributed by atoms with Crippen molar-refractivity contribution in [2.24, 2.45) is 7.05 Å². The number of halogens is 1. The Morgan fingerprint density at radius 2 is 1.83 bits per heavy atom. The summed E-state index contributed by atoms with van der Waals surface area (Å²) in [6.07, 6.45) is 6.11. The Balaban J connectivity index is 1.43. The van der Waals surface area contributed by atoms with Crippen LogP contribution in [0, 0.1) is 5.82 Å². The molecule has 152 valence electrons. The van der Waals surface area contributed by atoms with Crippen molar-refractivity contribution >= 4 is 0 Å². The van der Waals surface area contributed by atoms with Gasteiger partial charge in [-0.25, -0.2) is 4.39 Å². The number of aromatic nitrogens is 5. The Hall–Kier alpha value is -2.58. The van der Waals surface area contributed by atoms with Crippen molar-refractivity contribution in [3.8, 4) is 11.4 Å². The van der Waals surface area contributed by atoms with Crippen molar-refractivity contribution in [3.63, 3.8) is 0 Å². The molecule has 1 spiro atoms. The van der Waals surface area contributed by atoms with Gasteiger partial charge in [-0.2, -0.15) is 5.10 Å². The van der Waals surface area contributed by atoms with Gasteiger partial charge in [0.15, 0.2) is 5.82 Å². The van der Waals surface area contributed by atoms with Crippen LogP contribution < -0.4 is 0 Å². The summed E-state index contributed by atoms with van der Waals surface area (Å²) in [5, 5.41) is 13.3. The minimum atomic E-state index is -0.231. The van der Waals surface area contributed by atoms with Gasteiger partial charge in [0, 0.05) is 50.6 Å². The lowest BCUT2D eigenvalue weighted by molar-refractivity contribution is 0.0490. The quantitative estimate of drug-likeness (QED) is 0.681. The van der Waals surface area contributed by atoms with Crippen molar-refractivity contribution < 1.29 is 4.39 Å². The van der Waals surface area contributed by atoms with E-state index < -0.39 is 0 Å². The van der Waals surface area contributed by atoms with E-state index in [1.54, 1.807) is 12.1 Å². The molecule has 2 aliphatic heterocycles. The van der Waals surface area contributed by atoms with E-state index in [1.165, 1.54) is 17.7 Å². The first-order chi connectivity index (χ1) is 14.0. The fourth-order valence-corrected chi connectivity index (χ4v) is 4.89. The molecule has 8 heteroatoms. The molecule has 4 heterocycles. The molecule has 3 aromatic rings. The molecule has 5 rings (SSSR count). The van der Waals surface area contributed by atoms with Crippen LogP contribution in [0.4, 0.5) is 4.39 Å². The molecule has 29 heavy (non-hydrogen) atoms. The zero-order valence-corrected chi connectivity index (χ0v) is 16.9. The number of piperidine rings is 1. The minimum Gasteiger partial charge on any atom is -0.302 e. The summed E-state index contributed by atoms with van der Waals surface area (Å²) in [5.41, 5.74) is 2.15. The number of hydrogen-bond acceptors (Lipinski definition) is 5. The van der Waals surface area contributed by atoms with Crippen LogP contribution in [0.25, 0.3) is 11.4 Å². The van der Waals surface area contributed by atoms with E-state index in [2.05, 4.69) is 42.9 Å².